The summed E-state index contributed by atoms with van der Waals surface area (Å²) in [5.41, 5.74) is 2.34. The Labute approximate surface area is 102 Å². The maximum Gasteiger partial charge on any atom is 0.308 e. The first-order chi connectivity index (χ1) is 8.13. The number of likely N-dealkylation sites (tertiary alicyclic amines) is 1. The Morgan fingerprint density at radius 1 is 1.41 bits per heavy atom. The molecular weight excluding hydrogens is 214 g/mol. The van der Waals surface area contributed by atoms with E-state index in [1.807, 2.05) is 6.92 Å². The average molecular weight is 233 g/mol. The lowest BCUT2D eigenvalue weighted by Gasteiger charge is -2.26. The van der Waals surface area contributed by atoms with Crippen LogP contribution < -0.4 is 0 Å². The van der Waals surface area contributed by atoms with Crippen LogP contribution in [0.1, 0.15) is 30.5 Å². The molecular formula is C14H19NO2. The number of benzene rings is 1. The van der Waals surface area contributed by atoms with Gasteiger partial charge in [0.25, 0.3) is 0 Å². The molecule has 1 aromatic carbocycles. The van der Waals surface area contributed by atoms with Gasteiger partial charge in [0.15, 0.2) is 0 Å². The van der Waals surface area contributed by atoms with E-state index in [1.54, 1.807) is 0 Å². The summed E-state index contributed by atoms with van der Waals surface area (Å²) in [5.74, 6) is -0.941. The lowest BCUT2D eigenvalue weighted by atomic mass is 9.93. The van der Waals surface area contributed by atoms with Gasteiger partial charge < -0.3 is 5.11 Å². The first-order valence-corrected chi connectivity index (χ1v) is 6.17. The van der Waals surface area contributed by atoms with Crippen molar-refractivity contribution in [1.82, 2.24) is 4.90 Å². The van der Waals surface area contributed by atoms with Crippen molar-refractivity contribution in [3.63, 3.8) is 0 Å². The Balaban J connectivity index is 2.31. The zero-order chi connectivity index (χ0) is 12.4. The lowest BCUT2D eigenvalue weighted by Crippen LogP contribution is -2.28. The van der Waals surface area contributed by atoms with Gasteiger partial charge in [0.1, 0.15) is 0 Å². The van der Waals surface area contributed by atoms with Crippen molar-refractivity contribution in [2.45, 2.75) is 26.3 Å². The predicted molar refractivity (Wildman–Crippen MR) is 66.9 cm³/mol. The second-order valence-corrected chi connectivity index (χ2v) is 4.72. The molecule has 1 aromatic rings. The van der Waals surface area contributed by atoms with Gasteiger partial charge in [0.2, 0.25) is 0 Å². The molecule has 2 rings (SSSR count). The number of carboxylic acids is 1. The van der Waals surface area contributed by atoms with Crippen molar-refractivity contribution in [3.05, 3.63) is 35.4 Å². The minimum atomic E-state index is -0.675. The highest BCUT2D eigenvalue weighted by atomic mass is 16.4. The van der Waals surface area contributed by atoms with Gasteiger partial charge in [0.05, 0.1) is 5.92 Å². The Morgan fingerprint density at radius 2 is 2.06 bits per heavy atom. The molecule has 0 aromatic heterocycles. The molecule has 3 nitrogen and oxygen atoms in total. The molecule has 0 amide bonds. The van der Waals surface area contributed by atoms with Crippen LogP contribution in [0, 0.1) is 12.8 Å². The van der Waals surface area contributed by atoms with Crippen molar-refractivity contribution in [2.75, 3.05) is 13.1 Å². The van der Waals surface area contributed by atoms with Crippen LogP contribution in [0.3, 0.4) is 0 Å². The first kappa shape index (κ1) is 12.1. The summed E-state index contributed by atoms with van der Waals surface area (Å²) in [6.07, 6.45) is 0.752. The Kier molecular flexibility index (Phi) is 3.48. The summed E-state index contributed by atoms with van der Waals surface area (Å²) in [6, 6.07) is 8.27. The number of hydrogen-bond donors (Lipinski definition) is 1. The number of rotatable bonds is 3. The molecule has 1 saturated heterocycles. The average Bonchev–Trinajstić information content (AvgIpc) is 2.73. The topological polar surface area (TPSA) is 40.5 Å². The molecule has 0 aliphatic carbocycles. The largest absolute Gasteiger partial charge is 0.481 e. The van der Waals surface area contributed by atoms with E-state index < -0.39 is 5.97 Å². The van der Waals surface area contributed by atoms with Crippen molar-refractivity contribution in [1.29, 1.82) is 0 Å². The molecule has 0 unspecified atom stereocenters. The number of hydrogen-bond acceptors (Lipinski definition) is 2. The van der Waals surface area contributed by atoms with Gasteiger partial charge in [-0.15, -0.1) is 0 Å². The van der Waals surface area contributed by atoms with E-state index >= 15 is 0 Å². The highest BCUT2D eigenvalue weighted by Gasteiger charge is 2.38. The van der Waals surface area contributed by atoms with Crippen LogP contribution in [-0.2, 0) is 4.79 Å². The van der Waals surface area contributed by atoms with Gasteiger partial charge in [-0.05, 0) is 32.0 Å². The van der Waals surface area contributed by atoms with E-state index in [-0.39, 0.29) is 12.0 Å². The number of carboxylic acid groups (broad SMARTS) is 1. The summed E-state index contributed by atoms with van der Waals surface area (Å²) in [5, 5.41) is 9.29. The summed E-state index contributed by atoms with van der Waals surface area (Å²) >= 11 is 0. The zero-order valence-corrected chi connectivity index (χ0v) is 10.4. The fraction of sp³-hybridized carbons (Fsp3) is 0.500. The summed E-state index contributed by atoms with van der Waals surface area (Å²) in [4.78, 5) is 13.5. The van der Waals surface area contributed by atoms with Crippen LogP contribution >= 0.6 is 0 Å². The zero-order valence-electron chi connectivity index (χ0n) is 10.4. The third-order valence-electron chi connectivity index (χ3n) is 3.64. The van der Waals surface area contributed by atoms with Gasteiger partial charge in [0, 0.05) is 6.04 Å². The second-order valence-electron chi connectivity index (χ2n) is 4.72. The Morgan fingerprint density at radius 3 is 2.59 bits per heavy atom. The van der Waals surface area contributed by atoms with E-state index in [0.717, 1.165) is 25.1 Å². The molecule has 1 aliphatic heterocycles. The van der Waals surface area contributed by atoms with E-state index in [2.05, 4.69) is 36.1 Å². The minimum Gasteiger partial charge on any atom is -0.481 e. The molecule has 0 bridgehead atoms. The van der Waals surface area contributed by atoms with E-state index in [4.69, 9.17) is 0 Å². The summed E-state index contributed by atoms with van der Waals surface area (Å²) in [7, 11) is 0. The molecule has 0 spiro atoms. The van der Waals surface area contributed by atoms with Crippen LogP contribution in [0.4, 0.5) is 0 Å². The maximum atomic E-state index is 11.3. The van der Waals surface area contributed by atoms with Crippen LogP contribution in [0.15, 0.2) is 24.3 Å². The second kappa shape index (κ2) is 4.88. The van der Waals surface area contributed by atoms with E-state index in [1.165, 1.54) is 5.56 Å². The third-order valence-corrected chi connectivity index (χ3v) is 3.64. The van der Waals surface area contributed by atoms with Crippen molar-refractivity contribution < 1.29 is 9.90 Å². The quantitative estimate of drug-likeness (QED) is 0.871. The van der Waals surface area contributed by atoms with E-state index in [9.17, 15) is 9.90 Å². The molecule has 1 fully saturated rings. The normalized spacial score (nSPS) is 25.1. The molecule has 1 N–H and O–H groups in total. The summed E-state index contributed by atoms with van der Waals surface area (Å²) in [6.45, 7) is 5.92. The number of carbonyl (C=O) groups is 1. The highest BCUT2D eigenvalue weighted by molar-refractivity contribution is 5.71. The smallest absolute Gasteiger partial charge is 0.308 e. The van der Waals surface area contributed by atoms with Crippen molar-refractivity contribution >= 4 is 5.97 Å². The molecule has 92 valence electrons. The van der Waals surface area contributed by atoms with Crippen LogP contribution in [0.2, 0.25) is 0 Å². The van der Waals surface area contributed by atoms with E-state index in [0.29, 0.717) is 0 Å². The minimum absolute atomic E-state index is 0.0399. The number of aryl methyl sites for hydroxylation is 1. The Bertz CT molecular complexity index is 399. The van der Waals surface area contributed by atoms with Crippen molar-refractivity contribution in [2.24, 2.45) is 5.92 Å². The maximum absolute atomic E-state index is 11.3. The molecule has 3 heteroatoms. The SMILES string of the molecule is CCN1CC[C@H](C(=O)O)[C@H]1c1ccc(C)cc1. The standard InChI is InChI=1S/C14H19NO2/c1-3-15-9-8-12(14(16)17)13(15)11-6-4-10(2)5-7-11/h4-7,12-13H,3,8-9H2,1-2H3,(H,16,17)/t12-,13+/m0/s1. The van der Waals surface area contributed by atoms with Crippen LogP contribution in [-0.4, -0.2) is 29.1 Å². The molecule has 1 aliphatic rings. The number of nitrogens with zero attached hydrogens (tertiary/aromatic N) is 1. The fourth-order valence-electron chi connectivity index (χ4n) is 2.68. The Hall–Kier alpha value is -1.35. The molecule has 0 radical (unpaired) electrons. The fourth-order valence-corrected chi connectivity index (χ4v) is 2.68. The molecule has 1 heterocycles. The van der Waals surface area contributed by atoms with Gasteiger partial charge in [-0.25, -0.2) is 0 Å². The van der Waals surface area contributed by atoms with Gasteiger partial charge in [-0.2, -0.15) is 0 Å². The van der Waals surface area contributed by atoms with Gasteiger partial charge in [-0.3, -0.25) is 9.69 Å². The van der Waals surface area contributed by atoms with Gasteiger partial charge in [-0.1, -0.05) is 36.8 Å². The molecule has 17 heavy (non-hydrogen) atoms. The monoisotopic (exact) mass is 233 g/mol. The highest BCUT2D eigenvalue weighted by Crippen LogP contribution is 2.37. The van der Waals surface area contributed by atoms with Crippen molar-refractivity contribution in [3.8, 4) is 0 Å². The molecule has 2 atom stereocenters. The van der Waals surface area contributed by atoms with Crippen LogP contribution in [0.5, 0.6) is 0 Å². The summed E-state index contributed by atoms with van der Waals surface area (Å²) < 4.78 is 0. The van der Waals surface area contributed by atoms with Gasteiger partial charge >= 0.3 is 5.97 Å². The lowest BCUT2D eigenvalue weighted by molar-refractivity contribution is -0.142. The molecule has 0 saturated carbocycles. The number of aliphatic carboxylic acids is 1. The van der Waals surface area contributed by atoms with Crippen LogP contribution in [0.25, 0.3) is 0 Å². The predicted octanol–water partition coefficient (Wildman–Crippen LogP) is 2.46. The third kappa shape index (κ3) is 2.34. The first-order valence-electron chi connectivity index (χ1n) is 6.17.